The highest BCUT2D eigenvalue weighted by Crippen LogP contribution is 2.22. The van der Waals surface area contributed by atoms with Gasteiger partial charge in [0.15, 0.2) is 0 Å². The average molecular weight is 485 g/mol. The summed E-state index contributed by atoms with van der Waals surface area (Å²) in [4.78, 5) is 27.7. The molecule has 3 rings (SSSR count). The number of amides is 2. The first-order valence-electron chi connectivity index (χ1n) is 10.6. The van der Waals surface area contributed by atoms with Gasteiger partial charge in [0, 0.05) is 36.4 Å². The van der Waals surface area contributed by atoms with Crippen molar-refractivity contribution in [1.29, 1.82) is 0 Å². The van der Waals surface area contributed by atoms with Crippen LogP contribution in [0.25, 0.3) is 0 Å². The molecule has 3 aromatic carbocycles. The summed E-state index contributed by atoms with van der Waals surface area (Å²) in [6, 6.07) is 22.5. The van der Waals surface area contributed by atoms with Crippen LogP contribution in [-0.4, -0.2) is 35.6 Å². The van der Waals surface area contributed by atoms with Crippen molar-refractivity contribution in [1.82, 2.24) is 10.2 Å². The first kappa shape index (κ1) is 24.8. The van der Waals surface area contributed by atoms with Crippen molar-refractivity contribution < 1.29 is 14.0 Å². The molecule has 1 unspecified atom stereocenters. The number of rotatable bonds is 10. The largest absolute Gasteiger partial charge is 0.357 e. The van der Waals surface area contributed by atoms with Gasteiger partial charge in [-0.05, 0) is 23.3 Å². The van der Waals surface area contributed by atoms with Gasteiger partial charge >= 0.3 is 0 Å². The van der Waals surface area contributed by atoms with Gasteiger partial charge < -0.3 is 10.2 Å². The van der Waals surface area contributed by atoms with Crippen LogP contribution in [0.3, 0.4) is 0 Å². The molecule has 0 spiro atoms. The van der Waals surface area contributed by atoms with Gasteiger partial charge in [0.2, 0.25) is 11.8 Å². The lowest BCUT2D eigenvalue weighted by Crippen LogP contribution is -2.50. The summed E-state index contributed by atoms with van der Waals surface area (Å²) in [6.45, 7) is 0.00306. The summed E-state index contributed by atoms with van der Waals surface area (Å²) in [6.07, 6.45) is 0.329. The maximum absolute atomic E-state index is 14.4. The number of carbonyl (C=O) groups is 2. The van der Waals surface area contributed by atoms with E-state index in [0.29, 0.717) is 22.8 Å². The smallest absolute Gasteiger partial charge is 0.242 e. The predicted molar refractivity (Wildman–Crippen MR) is 133 cm³/mol. The Hall–Kier alpha value is -2.83. The van der Waals surface area contributed by atoms with Crippen molar-refractivity contribution >= 4 is 35.2 Å². The molecule has 0 radical (unpaired) electrons. The summed E-state index contributed by atoms with van der Waals surface area (Å²) in [7, 11) is 1.54. The number of nitrogens with zero attached hydrogens (tertiary/aromatic N) is 1. The molecule has 3 aromatic rings. The average Bonchev–Trinajstić information content (AvgIpc) is 2.83. The summed E-state index contributed by atoms with van der Waals surface area (Å²) in [5.74, 6) is -0.238. The van der Waals surface area contributed by atoms with Gasteiger partial charge in [0.25, 0.3) is 0 Å². The van der Waals surface area contributed by atoms with E-state index in [1.807, 2.05) is 54.6 Å². The maximum Gasteiger partial charge on any atom is 0.242 e. The van der Waals surface area contributed by atoms with E-state index in [4.69, 9.17) is 11.6 Å². The minimum atomic E-state index is -0.773. The van der Waals surface area contributed by atoms with Crippen molar-refractivity contribution in [3.8, 4) is 0 Å². The molecule has 0 heterocycles. The van der Waals surface area contributed by atoms with Crippen molar-refractivity contribution in [3.05, 3.63) is 106 Å². The monoisotopic (exact) mass is 484 g/mol. The molecule has 0 aliphatic carbocycles. The molecule has 2 amide bonds. The number of nitrogens with one attached hydrogen (secondary N) is 1. The van der Waals surface area contributed by atoms with E-state index in [2.05, 4.69) is 5.32 Å². The fourth-order valence-corrected chi connectivity index (χ4v) is 4.67. The van der Waals surface area contributed by atoms with Crippen LogP contribution in [0.5, 0.6) is 0 Å². The fourth-order valence-electron chi connectivity index (χ4n) is 3.48. The molecule has 0 fully saturated rings. The zero-order valence-corrected chi connectivity index (χ0v) is 19.9. The van der Waals surface area contributed by atoms with Crippen LogP contribution in [-0.2, 0) is 28.3 Å². The first-order valence-corrected chi connectivity index (χ1v) is 12.1. The van der Waals surface area contributed by atoms with Crippen LogP contribution in [0.1, 0.15) is 16.7 Å². The van der Waals surface area contributed by atoms with Crippen LogP contribution >= 0.6 is 23.4 Å². The van der Waals surface area contributed by atoms with E-state index in [0.717, 1.165) is 11.1 Å². The lowest BCUT2D eigenvalue weighted by molar-refractivity contribution is -0.139. The Morgan fingerprint density at radius 3 is 2.27 bits per heavy atom. The Labute approximate surface area is 203 Å². The summed E-state index contributed by atoms with van der Waals surface area (Å²) in [5.41, 5.74) is 2.22. The second-order valence-corrected chi connectivity index (χ2v) is 8.91. The van der Waals surface area contributed by atoms with Crippen molar-refractivity contribution in [2.45, 2.75) is 24.8 Å². The minimum Gasteiger partial charge on any atom is -0.357 e. The first-order chi connectivity index (χ1) is 16.0. The molecule has 33 heavy (non-hydrogen) atoms. The zero-order valence-electron chi connectivity index (χ0n) is 18.3. The number of halogens is 2. The molecule has 0 saturated carbocycles. The van der Waals surface area contributed by atoms with E-state index in [1.54, 1.807) is 18.2 Å². The normalized spacial score (nSPS) is 11.6. The zero-order chi connectivity index (χ0) is 23.6. The summed E-state index contributed by atoms with van der Waals surface area (Å²) < 4.78 is 14.4. The van der Waals surface area contributed by atoms with Crippen LogP contribution in [0.4, 0.5) is 4.39 Å². The quantitative estimate of drug-likeness (QED) is 0.435. The lowest BCUT2D eigenvalue weighted by Gasteiger charge is -2.31. The highest BCUT2D eigenvalue weighted by molar-refractivity contribution is 7.99. The Bertz CT molecular complexity index is 1080. The van der Waals surface area contributed by atoms with Crippen LogP contribution in [0, 0.1) is 5.82 Å². The van der Waals surface area contributed by atoms with Gasteiger partial charge in [-0.1, -0.05) is 78.3 Å². The Balaban J connectivity index is 1.83. The van der Waals surface area contributed by atoms with Gasteiger partial charge in [0.05, 0.1) is 5.75 Å². The lowest BCUT2D eigenvalue weighted by atomic mass is 10.0. The summed E-state index contributed by atoms with van der Waals surface area (Å²) >= 11 is 7.64. The number of likely N-dealkylation sites (N-methyl/N-ethyl adjacent to an activating group) is 1. The predicted octanol–water partition coefficient (Wildman–Crippen LogP) is 5.10. The number of thioether (sulfide) groups is 1. The van der Waals surface area contributed by atoms with Crippen LogP contribution in [0.2, 0.25) is 5.02 Å². The van der Waals surface area contributed by atoms with Crippen molar-refractivity contribution in [2.24, 2.45) is 0 Å². The van der Waals surface area contributed by atoms with Gasteiger partial charge in [-0.3, -0.25) is 9.59 Å². The van der Waals surface area contributed by atoms with E-state index >= 15 is 0 Å². The third-order valence-corrected chi connectivity index (χ3v) is 6.59. The van der Waals surface area contributed by atoms with Crippen molar-refractivity contribution in [2.75, 3.05) is 12.8 Å². The second kappa shape index (κ2) is 12.4. The van der Waals surface area contributed by atoms with E-state index in [-0.39, 0.29) is 24.1 Å². The van der Waals surface area contributed by atoms with E-state index < -0.39 is 11.9 Å². The molecule has 0 bridgehead atoms. The third-order valence-electron chi connectivity index (χ3n) is 5.26. The molecule has 7 heteroatoms. The standard InChI is InChI=1S/C26H26ClFN2O2S/c1-29-26(32)24(15-19-9-3-2-4-10-19)30(16-20-11-6-8-14-23(20)28)25(31)18-33-17-21-12-5-7-13-22(21)27/h2-14,24H,15-18H2,1H3,(H,29,32). The van der Waals surface area contributed by atoms with Crippen molar-refractivity contribution in [3.63, 3.8) is 0 Å². The number of carbonyl (C=O) groups excluding carboxylic acids is 2. The van der Waals surface area contributed by atoms with Gasteiger partial charge in [0.1, 0.15) is 11.9 Å². The SMILES string of the molecule is CNC(=O)C(Cc1ccccc1)N(Cc1ccccc1F)C(=O)CSCc1ccccc1Cl. The fraction of sp³-hybridized carbons (Fsp3) is 0.231. The molecule has 0 aliphatic rings. The Morgan fingerprint density at radius 1 is 0.970 bits per heavy atom. The molecular weight excluding hydrogens is 459 g/mol. The highest BCUT2D eigenvalue weighted by atomic mass is 35.5. The number of hydrogen-bond acceptors (Lipinski definition) is 3. The molecule has 0 aliphatic heterocycles. The van der Waals surface area contributed by atoms with Crippen LogP contribution in [0.15, 0.2) is 78.9 Å². The van der Waals surface area contributed by atoms with E-state index in [9.17, 15) is 14.0 Å². The van der Waals surface area contributed by atoms with E-state index in [1.165, 1.54) is 29.8 Å². The van der Waals surface area contributed by atoms with Crippen LogP contribution < -0.4 is 5.32 Å². The van der Waals surface area contributed by atoms with Gasteiger partial charge in [-0.15, -0.1) is 11.8 Å². The molecule has 0 saturated heterocycles. The Morgan fingerprint density at radius 2 is 1.61 bits per heavy atom. The molecular formula is C26H26ClFN2O2S. The third kappa shape index (κ3) is 7.07. The van der Waals surface area contributed by atoms with Gasteiger partial charge in [-0.25, -0.2) is 4.39 Å². The maximum atomic E-state index is 14.4. The molecule has 0 aromatic heterocycles. The summed E-state index contributed by atoms with van der Waals surface area (Å²) in [5, 5.41) is 3.31. The Kier molecular flexibility index (Phi) is 9.34. The second-order valence-electron chi connectivity index (χ2n) is 7.52. The minimum absolute atomic E-state index is 0.00306. The molecule has 172 valence electrons. The number of hydrogen-bond donors (Lipinski definition) is 1. The highest BCUT2D eigenvalue weighted by Gasteiger charge is 2.30. The molecule has 1 atom stereocenters. The molecule has 4 nitrogen and oxygen atoms in total. The number of benzene rings is 3. The topological polar surface area (TPSA) is 49.4 Å². The molecule has 1 N–H and O–H groups in total. The van der Waals surface area contributed by atoms with Gasteiger partial charge in [-0.2, -0.15) is 0 Å².